The van der Waals surface area contributed by atoms with Crippen LogP contribution in [0.15, 0.2) is 0 Å². The normalized spacial score (nSPS) is 42.9. The molecule has 5 fully saturated rings. The second kappa shape index (κ2) is 8.56. The van der Waals surface area contributed by atoms with Crippen LogP contribution in [0, 0.1) is 0 Å². The monoisotopic (exact) mass is 388 g/mol. The number of epoxide rings is 4. The molecule has 27 heavy (non-hydrogen) atoms. The van der Waals surface area contributed by atoms with Gasteiger partial charge in [-0.05, 0) is 0 Å². The summed E-state index contributed by atoms with van der Waals surface area (Å²) < 4.78 is 51.1. The van der Waals surface area contributed by atoms with Crippen molar-refractivity contribution in [1.82, 2.24) is 0 Å². The fraction of sp³-hybridized carbons (Fsp3) is 1.00. The summed E-state index contributed by atoms with van der Waals surface area (Å²) in [7, 11) is 0. The summed E-state index contributed by atoms with van der Waals surface area (Å²) in [4.78, 5) is 0. The highest BCUT2D eigenvalue weighted by molar-refractivity contribution is 4.93. The van der Waals surface area contributed by atoms with Crippen LogP contribution in [-0.4, -0.2) is 115 Å². The van der Waals surface area contributed by atoms with Crippen LogP contribution in [0.4, 0.5) is 0 Å². The first-order valence-electron chi connectivity index (χ1n) is 9.85. The highest BCUT2D eigenvalue weighted by Crippen LogP contribution is 2.28. The molecule has 0 aromatic rings. The fourth-order valence-electron chi connectivity index (χ4n) is 3.16. The predicted molar refractivity (Wildman–Crippen MR) is 88.7 cm³/mol. The third-order valence-electron chi connectivity index (χ3n) is 5.17. The lowest BCUT2D eigenvalue weighted by Crippen LogP contribution is -2.46. The zero-order valence-electron chi connectivity index (χ0n) is 15.4. The van der Waals surface area contributed by atoms with Gasteiger partial charge in [0.05, 0.1) is 66.1 Å². The lowest BCUT2D eigenvalue weighted by molar-refractivity contribution is -0.132. The van der Waals surface area contributed by atoms with E-state index in [4.69, 9.17) is 42.6 Å². The zero-order chi connectivity index (χ0) is 18.1. The van der Waals surface area contributed by atoms with Gasteiger partial charge in [0.2, 0.25) is 0 Å². The van der Waals surface area contributed by atoms with Crippen molar-refractivity contribution in [1.29, 1.82) is 0 Å². The van der Waals surface area contributed by atoms with E-state index in [0.29, 0.717) is 39.6 Å². The number of hydrogen-bond acceptors (Lipinski definition) is 9. The molecule has 0 aliphatic carbocycles. The van der Waals surface area contributed by atoms with Gasteiger partial charge >= 0.3 is 0 Å². The van der Waals surface area contributed by atoms with E-state index in [9.17, 15) is 0 Å². The Bertz CT molecular complexity index is 475. The quantitative estimate of drug-likeness (QED) is 0.353. The van der Waals surface area contributed by atoms with E-state index in [-0.39, 0.29) is 48.8 Å². The first kappa shape index (κ1) is 18.7. The van der Waals surface area contributed by atoms with Gasteiger partial charge in [0, 0.05) is 0 Å². The maximum Gasteiger partial charge on any atom is 0.115 e. The average molecular weight is 388 g/mol. The van der Waals surface area contributed by atoms with Gasteiger partial charge < -0.3 is 42.6 Å². The van der Waals surface area contributed by atoms with Gasteiger partial charge in [-0.1, -0.05) is 0 Å². The molecule has 5 rings (SSSR count). The summed E-state index contributed by atoms with van der Waals surface area (Å²) in [5, 5.41) is 0. The van der Waals surface area contributed by atoms with Crippen molar-refractivity contribution in [3.63, 3.8) is 0 Å². The van der Waals surface area contributed by atoms with Crippen LogP contribution < -0.4 is 0 Å². The second-order valence-corrected chi connectivity index (χ2v) is 7.70. The van der Waals surface area contributed by atoms with Crippen molar-refractivity contribution in [2.24, 2.45) is 0 Å². The van der Waals surface area contributed by atoms with Crippen molar-refractivity contribution < 1.29 is 42.6 Å². The van der Waals surface area contributed by atoms with Crippen LogP contribution in [0.5, 0.6) is 0 Å². The molecular weight excluding hydrogens is 360 g/mol. The van der Waals surface area contributed by atoms with Gasteiger partial charge in [-0.3, -0.25) is 0 Å². The van der Waals surface area contributed by atoms with Crippen LogP contribution in [-0.2, 0) is 42.6 Å². The van der Waals surface area contributed by atoms with E-state index in [0.717, 1.165) is 26.4 Å². The molecule has 0 spiro atoms. The van der Waals surface area contributed by atoms with Gasteiger partial charge in [-0.2, -0.15) is 0 Å². The van der Waals surface area contributed by atoms with E-state index in [1.165, 1.54) is 0 Å². The first-order chi connectivity index (χ1) is 13.3. The molecule has 0 aromatic carbocycles. The van der Waals surface area contributed by atoms with Crippen LogP contribution in [0.1, 0.15) is 0 Å². The molecule has 0 saturated carbocycles. The SMILES string of the molecule is C(OC[C@@H](OCC1CO1)[C@H]1OC[C@H](OCC2CO2)[C@H]1OCC1CO1)C1CO1. The molecule has 5 heterocycles. The summed E-state index contributed by atoms with van der Waals surface area (Å²) in [5.41, 5.74) is 0. The fourth-order valence-corrected chi connectivity index (χ4v) is 3.16. The molecule has 0 aromatic heterocycles. The van der Waals surface area contributed by atoms with Crippen molar-refractivity contribution in [3.8, 4) is 0 Å². The maximum absolute atomic E-state index is 6.14. The van der Waals surface area contributed by atoms with Crippen molar-refractivity contribution >= 4 is 0 Å². The largest absolute Gasteiger partial charge is 0.376 e. The standard InChI is InChI=1S/C18H28O9/c1(11-2-20-11)19-9-15(24-6-12-3-21-12)17-18(26-8-14-5-23-14)16(10-27-17)25-7-13-4-22-13/h11-18H,1-10H2/t11?,12?,13?,14?,15-,16+,17-,18-/m1/s1. The Morgan fingerprint density at radius 1 is 0.667 bits per heavy atom. The molecule has 5 saturated heterocycles. The molecule has 5 aliphatic heterocycles. The Morgan fingerprint density at radius 2 is 1.26 bits per heavy atom. The number of rotatable bonds is 14. The molecular formula is C18H28O9. The smallest absolute Gasteiger partial charge is 0.115 e. The van der Waals surface area contributed by atoms with Crippen molar-refractivity contribution in [2.45, 2.75) is 48.8 Å². The minimum Gasteiger partial charge on any atom is -0.376 e. The minimum absolute atomic E-state index is 0.145. The van der Waals surface area contributed by atoms with Gasteiger partial charge in [0.15, 0.2) is 0 Å². The van der Waals surface area contributed by atoms with Gasteiger partial charge in [0.25, 0.3) is 0 Å². The Morgan fingerprint density at radius 3 is 1.93 bits per heavy atom. The Hall–Kier alpha value is -0.360. The number of ether oxygens (including phenoxy) is 9. The lowest BCUT2D eigenvalue weighted by Gasteiger charge is -2.29. The van der Waals surface area contributed by atoms with E-state index in [1.807, 2.05) is 0 Å². The summed E-state index contributed by atoms with van der Waals surface area (Å²) in [6, 6.07) is 0. The van der Waals surface area contributed by atoms with Gasteiger partial charge in [0.1, 0.15) is 48.8 Å². The Kier molecular flexibility index (Phi) is 5.92. The molecule has 9 nitrogen and oxygen atoms in total. The third-order valence-corrected chi connectivity index (χ3v) is 5.17. The van der Waals surface area contributed by atoms with Gasteiger partial charge in [-0.15, -0.1) is 0 Å². The van der Waals surface area contributed by atoms with Gasteiger partial charge in [-0.25, -0.2) is 0 Å². The van der Waals surface area contributed by atoms with E-state index in [1.54, 1.807) is 0 Å². The summed E-state index contributed by atoms with van der Waals surface area (Å²) >= 11 is 0. The zero-order valence-corrected chi connectivity index (χ0v) is 15.4. The predicted octanol–water partition coefficient (Wildman–Crippen LogP) is -0.847. The summed E-state index contributed by atoms with van der Waals surface area (Å²) in [6.07, 6.45) is -0.0865. The molecule has 0 N–H and O–H groups in total. The van der Waals surface area contributed by atoms with Crippen LogP contribution in [0.2, 0.25) is 0 Å². The van der Waals surface area contributed by atoms with Crippen LogP contribution >= 0.6 is 0 Å². The van der Waals surface area contributed by atoms with E-state index < -0.39 is 0 Å². The average Bonchev–Trinajstić information content (AvgIpc) is 3.53. The summed E-state index contributed by atoms with van der Waals surface area (Å²) in [6.45, 7) is 6.16. The molecule has 0 amide bonds. The van der Waals surface area contributed by atoms with Crippen LogP contribution in [0.3, 0.4) is 0 Å². The molecule has 9 heteroatoms. The first-order valence-corrected chi connectivity index (χ1v) is 9.85. The lowest BCUT2D eigenvalue weighted by atomic mass is 10.1. The molecule has 4 unspecified atom stereocenters. The highest BCUT2D eigenvalue weighted by Gasteiger charge is 2.46. The topological polar surface area (TPSA) is 96.3 Å². The number of hydrogen-bond donors (Lipinski definition) is 0. The minimum atomic E-state index is -0.257. The maximum atomic E-state index is 6.14. The van der Waals surface area contributed by atoms with E-state index in [2.05, 4.69) is 0 Å². The Labute approximate surface area is 158 Å². The van der Waals surface area contributed by atoms with Crippen molar-refractivity contribution in [3.05, 3.63) is 0 Å². The second-order valence-electron chi connectivity index (χ2n) is 7.70. The molecule has 5 aliphatic rings. The molecule has 8 atom stereocenters. The van der Waals surface area contributed by atoms with Crippen LogP contribution in [0.25, 0.3) is 0 Å². The third kappa shape index (κ3) is 5.81. The summed E-state index contributed by atoms with van der Waals surface area (Å²) in [5.74, 6) is 0. The Balaban J connectivity index is 1.18. The molecule has 154 valence electrons. The highest BCUT2D eigenvalue weighted by atomic mass is 16.7. The van der Waals surface area contributed by atoms with E-state index >= 15 is 0 Å². The molecule has 0 bridgehead atoms. The molecule has 0 radical (unpaired) electrons. The van der Waals surface area contributed by atoms with Crippen molar-refractivity contribution in [2.75, 3.05) is 66.1 Å².